The lowest BCUT2D eigenvalue weighted by Crippen LogP contribution is -2.29. The lowest BCUT2D eigenvalue weighted by atomic mass is 10.0. The van der Waals surface area contributed by atoms with E-state index in [-0.39, 0.29) is 11.7 Å². The van der Waals surface area contributed by atoms with E-state index >= 15 is 0 Å². The first-order valence-electron chi connectivity index (χ1n) is 6.57. The molecule has 1 aliphatic heterocycles. The SMILES string of the molecule is Cc1cc(CN2CCC(C)CCC2=O)oc1C(=O)O. The van der Waals surface area contributed by atoms with Crippen molar-refractivity contribution in [2.45, 2.75) is 39.7 Å². The molecule has 1 aromatic heterocycles. The molecule has 1 amide bonds. The molecule has 0 saturated carbocycles. The Kier molecular flexibility index (Phi) is 3.93. The molecule has 0 bridgehead atoms. The second-order valence-corrected chi connectivity index (χ2v) is 5.28. The van der Waals surface area contributed by atoms with Crippen LogP contribution in [-0.2, 0) is 11.3 Å². The molecule has 5 heteroatoms. The smallest absolute Gasteiger partial charge is 0.372 e. The quantitative estimate of drug-likeness (QED) is 0.911. The van der Waals surface area contributed by atoms with Crippen LogP contribution < -0.4 is 0 Å². The van der Waals surface area contributed by atoms with E-state index in [1.54, 1.807) is 17.9 Å². The number of aromatic carboxylic acids is 1. The Morgan fingerprint density at radius 1 is 1.53 bits per heavy atom. The summed E-state index contributed by atoms with van der Waals surface area (Å²) in [6.07, 6.45) is 2.47. The van der Waals surface area contributed by atoms with Crippen LogP contribution in [0.3, 0.4) is 0 Å². The number of carboxylic acid groups (broad SMARTS) is 1. The fourth-order valence-corrected chi connectivity index (χ4v) is 2.37. The minimum absolute atomic E-state index is 0.0364. The number of likely N-dealkylation sites (tertiary alicyclic amines) is 1. The third-order valence-electron chi connectivity index (χ3n) is 3.61. The van der Waals surface area contributed by atoms with Gasteiger partial charge in [-0.05, 0) is 31.7 Å². The van der Waals surface area contributed by atoms with Crippen molar-refractivity contribution in [3.63, 3.8) is 0 Å². The summed E-state index contributed by atoms with van der Waals surface area (Å²) in [5.74, 6) is 0.111. The second-order valence-electron chi connectivity index (χ2n) is 5.28. The maximum Gasteiger partial charge on any atom is 0.372 e. The highest BCUT2D eigenvalue weighted by atomic mass is 16.4. The van der Waals surface area contributed by atoms with Crippen molar-refractivity contribution < 1.29 is 19.1 Å². The van der Waals surface area contributed by atoms with Crippen molar-refractivity contribution in [1.82, 2.24) is 4.90 Å². The van der Waals surface area contributed by atoms with Crippen LogP contribution >= 0.6 is 0 Å². The van der Waals surface area contributed by atoms with Crippen LogP contribution in [0.1, 0.15) is 48.1 Å². The highest BCUT2D eigenvalue weighted by molar-refractivity contribution is 5.86. The molecule has 104 valence electrons. The van der Waals surface area contributed by atoms with E-state index in [1.807, 2.05) is 0 Å². The molecule has 1 atom stereocenters. The zero-order chi connectivity index (χ0) is 14.0. The van der Waals surface area contributed by atoms with Gasteiger partial charge in [-0.2, -0.15) is 0 Å². The minimum atomic E-state index is -1.07. The van der Waals surface area contributed by atoms with Crippen molar-refractivity contribution in [2.24, 2.45) is 5.92 Å². The summed E-state index contributed by atoms with van der Waals surface area (Å²) < 4.78 is 5.30. The molecule has 0 spiro atoms. The first-order valence-corrected chi connectivity index (χ1v) is 6.57. The van der Waals surface area contributed by atoms with Crippen LogP contribution in [0.4, 0.5) is 0 Å². The van der Waals surface area contributed by atoms with E-state index in [0.29, 0.717) is 36.8 Å². The van der Waals surface area contributed by atoms with E-state index in [9.17, 15) is 9.59 Å². The number of aryl methyl sites for hydroxylation is 1. The third kappa shape index (κ3) is 3.16. The van der Waals surface area contributed by atoms with Gasteiger partial charge in [-0.25, -0.2) is 4.79 Å². The Morgan fingerprint density at radius 2 is 2.26 bits per heavy atom. The van der Waals surface area contributed by atoms with Crippen molar-refractivity contribution in [3.8, 4) is 0 Å². The molecule has 0 aromatic carbocycles. The summed E-state index contributed by atoms with van der Waals surface area (Å²) in [5, 5.41) is 8.94. The molecule has 1 aromatic rings. The number of hydrogen-bond donors (Lipinski definition) is 1. The monoisotopic (exact) mass is 265 g/mol. The van der Waals surface area contributed by atoms with E-state index in [4.69, 9.17) is 9.52 Å². The lowest BCUT2D eigenvalue weighted by molar-refractivity contribution is -0.131. The fraction of sp³-hybridized carbons (Fsp3) is 0.571. The first-order chi connectivity index (χ1) is 8.97. The molecule has 0 aliphatic carbocycles. The number of rotatable bonds is 3. The summed E-state index contributed by atoms with van der Waals surface area (Å²) in [5.41, 5.74) is 0.595. The largest absolute Gasteiger partial charge is 0.475 e. The molecular weight excluding hydrogens is 246 g/mol. The van der Waals surface area contributed by atoms with Crippen molar-refractivity contribution in [1.29, 1.82) is 0 Å². The average molecular weight is 265 g/mol. The number of nitrogens with zero attached hydrogens (tertiary/aromatic N) is 1. The van der Waals surface area contributed by atoms with E-state index in [1.165, 1.54) is 0 Å². The molecule has 1 fully saturated rings. The fourth-order valence-electron chi connectivity index (χ4n) is 2.37. The summed E-state index contributed by atoms with van der Waals surface area (Å²) >= 11 is 0. The summed E-state index contributed by atoms with van der Waals surface area (Å²) in [6, 6.07) is 1.70. The Hall–Kier alpha value is -1.78. The van der Waals surface area contributed by atoms with Gasteiger partial charge in [-0.15, -0.1) is 0 Å². The van der Waals surface area contributed by atoms with E-state index in [2.05, 4.69) is 6.92 Å². The highest BCUT2D eigenvalue weighted by Gasteiger charge is 2.22. The van der Waals surface area contributed by atoms with Crippen LogP contribution in [0.5, 0.6) is 0 Å². The van der Waals surface area contributed by atoms with E-state index in [0.717, 1.165) is 12.8 Å². The first kappa shape index (κ1) is 13.6. The third-order valence-corrected chi connectivity index (χ3v) is 3.61. The van der Waals surface area contributed by atoms with Gasteiger partial charge < -0.3 is 14.4 Å². The molecule has 5 nitrogen and oxygen atoms in total. The Labute approximate surface area is 112 Å². The van der Waals surface area contributed by atoms with Crippen LogP contribution in [-0.4, -0.2) is 28.4 Å². The average Bonchev–Trinajstić information content (AvgIpc) is 2.64. The molecule has 1 saturated heterocycles. The molecule has 2 heterocycles. The van der Waals surface area contributed by atoms with Gasteiger partial charge in [0.05, 0.1) is 6.54 Å². The predicted molar refractivity (Wildman–Crippen MR) is 68.8 cm³/mol. The summed E-state index contributed by atoms with van der Waals surface area (Å²) in [6.45, 7) is 4.92. The standard InChI is InChI=1S/C14H19NO4/c1-9-3-4-12(16)15(6-5-9)8-11-7-10(2)13(19-11)14(17)18/h7,9H,3-6,8H2,1-2H3,(H,17,18). The topological polar surface area (TPSA) is 70.8 Å². The number of carbonyl (C=O) groups excluding carboxylic acids is 1. The van der Waals surface area contributed by atoms with Crippen molar-refractivity contribution >= 4 is 11.9 Å². The second kappa shape index (κ2) is 5.47. The van der Waals surface area contributed by atoms with Gasteiger partial charge in [-0.3, -0.25) is 4.79 Å². The van der Waals surface area contributed by atoms with Gasteiger partial charge in [0, 0.05) is 18.5 Å². The van der Waals surface area contributed by atoms with Gasteiger partial charge in [-0.1, -0.05) is 6.92 Å². The number of carbonyl (C=O) groups is 2. The van der Waals surface area contributed by atoms with Gasteiger partial charge >= 0.3 is 5.97 Å². The number of furan rings is 1. The molecule has 19 heavy (non-hydrogen) atoms. The van der Waals surface area contributed by atoms with Gasteiger partial charge in [0.15, 0.2) is 0 Å². The van der Waals surface area contributed by atoms with Crippen LogP contribution in [0.15, 0.2) is 10.5 Å². The molecular formula is C14H19NO4. The normalized spacial score (nSPS) is 20.4. The van der Waals surface area contributed by atoms with Gasteiger partial charge in [0.2, 0.25) is 11.7 Å². The maximum atomic E-state index is 12.0. The van der Waals surface area contributed by atoms with Crippen LogP contribution in [0.2, 0.25) is 0 Å². The van der Waals surface area contributed by atoms with Crippen molar-refractivity contribution in [3.05, 3.63) is 23.2 Å². The van der Waals surface area contributed by atoms with Gasteiger partial charge in [0.1, 0.15) is 5.76 Å². The van der Waals surface area contributed by atoms with Crippen LogP contribution in [0.25, 0.3) is 0 Å². The summed E-state index contributed by atoms with van der Waals surface area (Å²) in [7, 11) is 0. The lowest BCUT2D eigenvalue weighted by Gasteiger charge is -2.19. The highest BCUT2D eigenvalue weighted by Crippen LogP contribution is 2.21. The zero-order valence-electron chi connectivity index (χ0n) is 11.3. The van der Waals surface area contributed by atoms with E-state index < -0.39 is 5.97 Å². The van der Waals surface area contributed by atoms with Crippen molar-refractivity contribution in [2.75, 3.05) is 6.54 Å². The zero-order valence-corrected chi connectivity index (χ0v) is 11.3. The molecule has 1 aliphatic rings. The van der Waals surface area contributed by atoms with Gasteiger partial charge in [0.25, 0.3) is 0 Å². The Balaban J connectivity index is 2.09. The molecule has 1 N–H and O–H groups in total. The Morgan fingerprint density at radius 3 is 2.89 bits per heavy atom. The molecule has 1 unspecified atom stereocenters. The number of carboxylic acids is 1. The molecule has 0 radical (unpaired) electrons. The maximum absolute atomic E-state index is 12.0. The minimum Gasteiger partial charge on any atom is -0.475 e. The summed E-state index contributed by atoms with van der Waals surface area (Å²) in [4.78, 5) is 24.6. The molecule has 2 rings (SSSR count). The number of amides is 1. The number of hydrogen-bond acceptors (Lipinski definition) is 3. The predicted octanol–water partition coefficient (Wildman–Crippen LogP) is 2.43. The van der Waals surface area contributed by atoms with Crippen LogP contribution in [0, 0.1) is 12.8 Å². The Bertz CT molecular complexity index is 492.